The lowest BCUT2D eigenvalue weighted by atomic mass is 10.1. The number of non-ortho nitro benzene ring substituents is 1. The molecule has 4 aromatic rings. The van der Waals surface area contributed by atoms with Crippen molar-refractivity contribution in [2.24, 2.45) is 0 Å². The number of para-hydroxylation sites is 1. The number of fused-ring (bicyclic) bond motifs is 3. The van der Waals surface area contributed by atoms with Crippen molar-refractivity contribution in [2.45, 2.75) is 12.1 Å². The van der Waals surface area contributed by atoms with E-state index < -0.39 is 10.7 Å². The molecular formula is C19H12FN3O4S. The molecule has 140 valence electrons. The van der Waals surface area contributed by atoms with Gasteiger partial charge in [0.25, 0.3) is 10.9 Å². The zero-order valence-electron chi connectivity index (χ0n) is 14.5. The zero-order valence-corrected chi connectivity index (χ0v) is 15.3. The molecule has 28 heavy (non-hydrogen) atoms. The van der Waals surface area contributed by atoms with Crippen LogP contribution < -0.4 is 0 Å². The molecule has 4 rings (SSSR count). The molecule has 0 radical (unpaired) electrons. The van der Waals surface area contributed by atoms with Gasteiger partial charge in [0.2, 0.25) is 0 Å². The lowest BCUT2D eigenvalue weighted by Crippen LogP contribution is -2.02. The van der Waals surface area contributed by atoms with E-state index in [1.54, 1.807) is 19.1 Å². The number of pyridine rings is 1. The monoisotopic (exact) mass is 397 g/mol. The van der Waals surface area contributed by atoms with Crippen LogP contribution in [0.4, 0.5) is 10.1 Å². The number of aryl methyl sites for hydroxylation is 1. The van der Waals surface area contributed by atoms with Gasteiger partial charge in [-0.3, -0.25) is 14.9 Å². The standard InChI is InChI=1S/C19H12FN3O4S/c1-10-16-18(13-3-2-4-14(20)17(13)21-10)27-19(22-16)28-9-15(24)11-5-7-12(8-6-11)23(25)26/h2-8H,9H2,1H3. The van der Waals surface area contributed by atoms with Gasteiger partial charge in [-0.15, -0.1) is 0 Å². The van der Waals surface area contributed by atoms with Gasteiger partial charge < -0.3 is 4.42 Å². The SMILES string of the molecule is Cc1nc2c(F)cccc2c2oc(SCC(=O)c3ccc([N+](=O)[O-])cc3)nc12. The fourth-order valence-corrected chi connectivity index (χ4v) is 3.52. The molecule has 2 aromatic carbocycles. The number of thioether (sulfide) groups is 1. The van der Waals surface area contributed by atoms with E-state index in [9.17, 15) is 19.3 Å². The van der Waals surface area contributed by atoms with Crippen molar-refractivity contribution in [1.29, 1.82) is 0 Å². The Labute approximate surface area is 161 Å². The molecule has 0 N–H and O–H groups in total. The Kier molecular flexibility index (Phi) is 4.52. The number of hydrogen-bond donors (Lipinski definition) is 0. The van der Waals surface area contributed by atoms with Crippen LogP contribution in [0.15, 0.2) is 52.1 Å². The van der Waals surface area contributed by atoms with Crippen LogP contribution in [0.25, 0.3) is 22.0 Å². The molecule has 0 saturated carbocycles. The van der Waals surface area contributed by atoms with Crippen molar-refractivity contribution in [3.63, 3.8) is 0 Å². The van der Waals surface area contributed by atoms with Crippen molar-refractivity contribution in [2.75, 3.05) is 5.75 Å². The number of carbonyl (C=O) groups is 1. The van der Waals surface area contributed by atoms with Gasteiger partial charge in [-0.25, -0.2) is 14.4 Å². The van der Waals surface area contributed by atoms with E-state index in [1.807, 2.05) is 0 Å². The Hall–Kier alpha value is -3.33. The number of Topliss-reactive ketones (excluding diaryl/α,β-unsaturated/α-hetero) is 1. The molecule has 0 fully saturated rings. The van der Waals surface area contributed by atoms with Crippen LogP contribution in [-0.4, -0.2) is 26.4 Å². The largest absolute Gasteiger partial charge is 0.431 e. The predicted octanol–water partition coefficient (Wildman–Crippen LogP) is 4.71. The van der Waals surface area contributed by atoms with E-state index in [1.165, 1.54) is 30.3 Å². The third-order valence-electron chi connectivity index (χ3n) is 4.19. The first-order valence-electron chi connectivity index (χ1n) is 8.20. The summed E-state index contributed by atoms with van der Waals surface area (Å²) >= 11 is 1.10. The number of ketones is 1. The zero-order chi connectivity index (χ0) is 19.8. The molecule has 0 bridgehead atoms. The van der Waals surface area contributed by atoms with Crippen LogP contribution in [0.5, 0.6) is 0 Å². The second-order valence-corrected chi connectivity index (χ2v) is 6.93. The van der Waals surface area contributed by atoms with Crippen molar-refractivity contribution in [3.05, 3.63) is 69.7 Å². The van der Waals surface area contributed by atoms with Crippen molar-refractivity contribution in [3.8, 4) is 0 Å². The number of carbonyl (C=O) groups excluding carboxylic acids is 1. The van der Waals surface area contributed by atoms with Crippen LogP contribution in [0, 0.1) is 22.9 Å². The first-order valence-corrected chi connectivity index (χ1v) is 9.18. The van der Waals surface area contributed by atoms with Gasteiger partial charge in [0.1, 0.15) is 16.9 Å². The van der Waals surface area contributed by atoms with E-state index in [0.717, 1.165) is 11.8 Å². The van der Waals surface area contributed by atoms with Gasteiger partial charge in [-0.2, -0.15) is 0 Å². The number of aromatic nitrogens is 2. The van der Waals surface area contributed by atoms with Crippen LogP contribution in [0.3, 0.4) is 0 Å². The molecule has 0 atom stereocenters. The minimum atomic E-state index is -0.523. The third-order valence-corrected chi connectivity index (χ3v) is 5.02. The fourth-order valence-electron chi connectivity index (χ4n) is 2.80. The highest BCUT2D eigenvalue weighted by Gasteiger charge is 2.17. The Bertz CT molecular complexity index is 1240. The summed E-state index contributed by atoms with van der Waals surface area (Å²) in [5.41, 5.74) is 1.97. The highest BCUT2D eigenvalue weighted by molar-refractivity contribution is 7.99. The Morgan fingerprint density at radius 3 is 2.64 bits per heavy atom. The maximum atomic E-state index is 14.0. The van der Waals surface area contributed by atoms with Crippen LogP contribution >= 0.6 is 11.8 Å². The molecule has 0 saturated heterocycles. The number of nitrogens with zero attached hydrogens (tertiary/aromatic N) is 3. The number of hydrogen-bond acceptors (Lipinski definition) is 7. The van der Waals surface area contributed by atoms with Gasteiger partial charge in [-0.1, -0.05) is 17.8 Å². The molecule has 0 aliphatic carbocycles. The second kappa shape index (κ2) is 7.01. The highest BCUT2D eigenvalue weighted by atomic mass is 32.2. The molecule has 0 aliphatic rings. The maximum Gasteiger partial charge on any atom is 0.269 e. The van der Waals surface area contributed by atoms with E-state index in [-0.39, 0.29) is 28.0 Å². The summed E-state index contributed by atoms with van der Waals surface area (Å²) in [6.07, 6.45) is 0. The summed E-state index contributed by atoms with van der Waals surface area (Å²) in [7, 11) is 0. The van der Waals surface area contributed by atoms with E-state index in [0.29, 0.717) is 27.7 Å². The van der Waals surface area contributed by atoms with Crippen LogP contribution in [0.1, 0.15) is 16.1 Å². The normalized spacial score (nSPS) is 11.2. The first kappa shape index (κ1) is 18.1. The lowest BCUT2D eigenvalue weighted by molar-refractivity contribution is -0.384. The minimum absolute atomic E-state index is 0.0450. The van der Waals surface area contributed by atoms with Crippen LogP contribution in [-0.2, 0) is 0 Å². The van der Waals surface area contributed by atoms with Gasteiger partial charge in [-0.05, 0) is 31.2 Å². The second-order valence-electron chi connectivity index (χ2n) is 6.01. The summed E-state index contributed by atoms with van der Waals surface area (Å²) in [6.45, 7) is 1.72. The Morgan fingerprint density at radius 2 is 1.93 bits per heavy atom. The molecule has 2 aromatic heterocycles. The summed E-state index contributed by atoms with van der Waals surface area (Å²) in [4.78, 5) is 31.1. The fraction of sp³-hybridized carbons (Fsp3) is 0.105. The van der Waals surface area contributed by atoms with E-state index >= 15 is 0 Å². The molecule has 0 amide bonds. The van der Waals surface area contributed by atoms with Gasteiger partial charge in [0.15, 0.2) is 11.4 Å². The topological polar surface area (TPSA) is 99.1 Å². The number of rotatable bonds is 5. The average molecular weight is 397 g/mol. The third kappa shape index (κ3) is 3.20. The quantitative estimate of drug-likeness (QED) is 0.208. The maximum absolute atomic E-state index is 14.0. The predicted molar refractivity (Wildman–Crippen MR) is 102 cm³/mol. The highest BCUT2D eigenvalue weighted by Crippen LogP contribution is 2.31. The first-order chi connectivity index (χ1) is 13.4. The molecule has 0 aliphatic heterocycles. The number of nitro benzene ring substituents is 1. The number of halogens is 1. The minimum Gasteiger partial charge on any atom is -0.431 e. The Morgan fingerprint density at radius 1 is 1.18 bits per heavy atom. The van der Waals surface area contributed by atoms with Gasteiger partial charge >= 0.3 is 0 Å². The Balaban J connectivity index is 1.59. The summed E-state index contributed by atoms with van der Waals surface area (Å²) in [5, 5.41) is 11.5. The van der Waals surface area contributed by atoms with Crippen molar-refractivity contribution >= 4 is 45.2 Å². The lowest BCUT2D eigenvalue weighted by Gasteiger charge is -2.00. The molecule has 0 unspecified atom stereocenters. The molecule has 9 heteroatoms. The van der Waals surface area contributed by atoms with Crippen molar-refractivity contribution < 1.29 is 18.5 Å². The summed E-state index contributed by atoms with van der Waals surface area (Å²) in [6, 6.07) is 10.0. The van der Waals surface area contributed by atoms with Gasteiger partial charge in [0.05, 0.1) is 16.4 Å². The number of oxazole rings is 1. The van der Waals surface area contributed by atoms with Crippen LogP contribution in [0.2, 0.25) is 0 Å². The molecule has 7 nitrogen and oxygen atoms in total. The number of benzene rings is 2. The van der Waals surface area contributed by atoms with Gasteiger partial charge in [0, 0.05) is 23.1 Å². The molecule has 2 heterocycles. The van der Waals surface area contributed by atoms with Crippen molar-refractivity contribution in [1.82, 2.24) is 9.97 Å². The molecule has 0 spiro atoms. The molecular weight excluding hydrogens is 385 g/mol. The van der Waals surface area contributed by atoms with E-state index in [4.69, 9.17) is 4.42 Å². The average Bonchev–Trinajstić information content (AvgIpc) is 3.12. The summed E-state index contributed by atoms with van der Waals surface area (Å²) in [5.74, 6) is -0.613. The smallest absolute Gasteiger partial charge is 0.269 e. The van der Waals surface area contributed by atoms with E-state index in [2.05, 4.69) is 9.97 Å². The number of nitro groups is 1. The summed E-state index contributed by atoms with van der Waals surface area (Å²) < 4.78 is 19.8.